The summed E-state index contributed by atoms with van der Waals surface area (Å²) in [4.78, 5) is 13.7. The lowest BCUT2D eigenvalue weighted by Gasteiger charge is -2.34. The zero-order chi connectivity index (χ0) is 13.8. The molecule has 1 saturated heterocycles. The number of ketones is 1. The van der Waals surface area contributed by atoms with Gasteiger partial charge >= 0.3 is 0 Å². The zero-order valence-corrected chi connectivity index (χ0v) is 11.0. The van der Waals surface area contributed by atoms with E-state index in [-0.39, 0.29) is 17.6 Å². The van der Waals surface area contributed by atoms with Crippen LogP contribution in [0.2, 0.25) is 0 Å². The molecule has 1 fully saturated rings. The molecule has 0 amide bonds. The smallest absolute Gasteiger partial charge is 0.146 e. The highest BCUT2D eigenvalue weighted by Crippen LogP contribution is 2.22. The molecule has 2 rings (SSSR count). The van der Waals surface area contributed by atoms with Gasteiger partial charge in [-0.3, -0.25) is 9.69 Å². The highest BCUT2D eigenvalue weighted by Gasteiger charge is 2.26. The minimum absolute atomic E-state index is 0.0939. The molecule has 0 radical (unpaired) electrons. The maximum Gasteiger partial charge on any atom is 0.146 e. The van der Waals surface area contributed by atoms with Crippen molar-refractivity contribution in [1.82, 2.24) is 4.90 Å². The average Bonchev–Trinajstić information content (AvgIpc) is 2.39. The summed E-state index contributed by atoms with van der Waals surface area (Å²) in [5.41, 5.74) is 1.14. The van der Waals surface area contributed by atoms with Crippen molar-refractivity contribution in [3.05, 3.63) is 35.1 Å². The van der Waals surface area contributed by atoms with E-state index in [1.54, 1.807) is 6.92 Å². The van der Waals surface area contributed by atoms with Crippen LogP contribution in [-0.2, 0) is 11.3 Å². The van der Waals surface area contributed by atoms with Crippen molar-refractivity contribution in [1.29, 1.82) is 5.26 Å². The van der Waals surface area contributed by atoms with E-state index in [9.17, 15) is 9.18 Å². The quantitative estimate of drug-likeness (QED) is 0.839. The van der Waals surface area contributed by atoms with Crippen LogP contribution >= 0.6 is 0 Å². The van der Waals surface area contributed by atoms with Crippen LogP contribution in [0.5, 0.6) is 0 Å². The number of benzene rings is 1. The van der Waals surface area contributed by atoms with Crippen LogP contribution in [0.3, 0.4) is 0 Å². The van der Waals surface area contributed by atoms with Crippen LogP contribution < -0.4 is 0 Å². The second-order valence-corrected chi connectivity index (χ2v) is 5.01. The molecule has 1 atom stereocenters. The molecule has 0 aliphatic carbocycles. The first kappa shape index (κ1) is 13.7. The SMILES string of the molecule is CC(=O)C1CCCCN1Cc1cc(F)ccc1C#N. The van der Waals surface area contributed by atoms with Crippen molar-refractivity contribution in [2.24, 2.45) is 0 Å². The highest BCUT2D eigenvalue weighted by molar-refractivity contribution is 5.81. The van der Waals surface area contributed by atoms with Gasteiger partial charge in [-0.15, -0.1) is 0 Å². The first-order valence-corrected chi connectivity index (χ1v) is 6.55. The predicted octanol–water partition coefficient (Wildman–Crippen LogP) is 2.64. The van der Waals surface area contributed by atoms with Gasteiger partial charge in [-0.1, -0.05) is 6.42 Å². The molecule has 19 heavy (non-hydrogen) atoms. The summed E-state index contributed by atoms with van der Waals surface area (Å²) in [6.07, 6.45) is 2.95. The van der Waals surface area contributed by atoms with Gasteiger partial charge in [0.1, 0.15) is 11.6 Å². The Morgan fingerprint density at radius 2 is 2.32 bits per heavy atom. The summed E-state index contributed by atoms with van der Waals surface area (Å²) in [5.74, 6) is -0.194. The molecule has 0 N–H and O–H groups in total. The predicted molar refractivity (Wildman–Crippen MR) is 69.8 cm³/mol. The van der Waals surface area contributed by atoms with E-state index in [1.165, 1.54) is 18.2 Å². The highest BCUT2D eigenvalue weighted by atomic mass is 19.1. The summed E-state index contributed by atoms with van der Waals surface area (Å²) in [7, 11) is 0. The molecule has 1 aromatic rings. The molecule has 1 unspecified atom stereocenters. The standard InChI is InChI=1S/C15H17FN2O/c1-11(19)15-4-2-3-7-18(15)10-13-8-14(16)6-5-12(13)9-17/h5-6,8,15H,2-4,7,10H2,1H3. The number of Topliss-reactive ketones (excluding diaryl/α,β-unsaturated/α-hetero) is 1. The zero-order valence-electron chi connectivity index (χ0n) is 11.0. The summed E-state index contributed by atoms with van der Waals surface area (Å²) in [6.45, 7) is 2.89. The van der Waals surface area contributed by atoms with Crippen LogP contribution in [0.15, 0.2) is 18.2 Å². The first-order chi connectivity index (χ1) is 9.11. The van der Waals surface area contributed by atoms with Gasteiger partial charge < -0.3 is 0 Å². The van der Waals surface area contributed by atoms with Gasteiger partial charge in [-0.25, -0.2) is 4.39 Å². The van der Waals surface area contributed by atoms with E-state index in [0.717, 1.165) is 25.8 Å². The first-order valence-electron chi connectivity index (χ1n) is 6.55. The number of hydrogen-bond donors (Lipinski definition) is 0. The van der Waals surface area contributed by atoms with Crippen LogP contribution in [-0.4, -0.2) is 23.3 Å². The Hall–Kier alpha value is -1.73. The Balaban J connectivity index is 2.22. The van der Waals surface area contributed by atoms with E-state index in [4.69, 9.17) is 5.26 Å². The van der Waals surface area contributed by atoms with Gasteiger partial charge in [-0.05, 0) is 50.1 Å². The number of nitrogens with zero attached hydrogens (tertiary/aromatic N) is 2. The monoisotopic (exact) mass is 260 g/mol. The third-order valence-electron chi connectivity index (χ3n) is 3.64. The largest absolute Gasteiger partial charge is 0.298 e. The topological polar surface area (TPSA) is 44.1 Å². The van der Waals surface area contributed by atoms with Crippen molar-refractivity contribution in [3.63, 3.8) is 0 Å². The maximum atomic E-state index is 13.3. The number of halogens is 1. The van der Waals surface area contributed by atoms with Crippen LogP contribution in [0.1, 0.15) is 37.3 Å². The summed E-state index contributed by atoms with van der Waals surface area (Å²) in [5, 5.41) is 9.06. The van der Waals surface area contributed by atoms with E-state index in [0.29, 0.717) is 17.7 Å². The molecule has 0 saturated carbocycles. The van der Waals surface area contributed by atoms with Crippen LogP contribution in [0.25, 0.3) is 0 Å². The second kappa shape index (κ2) is 5.94. The van der Waals surface area contributed by atoms with Gasteiger partial charge in [0.05, 0.1) is 17.7 Å². The van der Waals surface area contributed by atoms with Crippen molar-refractivity contribution in [2.45, 2.75) is 38.8 Å². The van der Waals surface area contributed by atoms with Crippen LogP contribution in [0, 0.1) is 17.1 Å². The number of carbonyl (C=O) groups is 1. The lowest BCUT2D eigenvalue weighted by Crippen LogP contribution is -2.43. The Morgan fingerprint density at radius 1 is 1.53 bits per heavy atom. The lowest BCUT2D eigenvalue weighted by atomic mass is 9.97. The number of hydrogen-bond acceptors (Lipinski definition) is 3. The fourth-order valence-corrected chi connectivity index (χ4v) is 2.66. The maximum absolute atomic E-state index is 13.3. The Kier molecular flexibility index (Phi) is 4.28. The second-order valence-electron chi connectivity index (χ2n) is 5.01. The minimum atomic E-state index is -0.342. The minimum Gasteiger partial charge on any atom is -0.298 e. The molecule has 1 aromatic carbocycles. The molecule has 100 valence electrons. The van der Waals surface area contributed by atoms with Crippen molar-refractivity contribution in [3.8, 4) is 6.07 Å². The molecule has 0 spiro atoms. The number of likely N-dealkylation sites (tertiary alicyclic amines) is 1. The van der Waals surface area contributed by atoms with Crippen molar-refractivity contribution in [2.75, 3.05) is 6.54 Å². The molecule has 1 heterocycles. The normalized spacial score (nSPS) is 19.9. The molecule has 1 aliphatic heterocycles. The molecule has 4 heteroatoms. The Morgan fingerprint density at radius 3 is 3.00 bits per heavy atom. The van der Waals surface area contributed by atoms with E-state index in [2.05, 4.69) is 11.0 Å². The summed E-state index contributed by atoms with van der Waals surface area (Å²) >= 11 is 0. The molecule has 3 nitrogen and oxygen atoms in total. The number of rotatable bonds is 3. The fraction of sp³-hybridized carbons (Fsp3) is 0.467. The lowest BCUT2D eigenvalue weighted by molar-refractivity contribution is -0.123. The summed E-state index contributed by atoms with van der Waals surface area (Å²) in [6, 6.07) is 6.17. The molecule has 0 aromatic heterocycles. The number of piperidine rings is 1. The molecular weight excluding hydrogens is 243 g/mol. The summed E-state index contributed by atoms with van der Waals surface area (Å²) < 4.78 is 13.3. The van der Waals surface area contributed by atoms with Crippen molar-refractivity contribution >= 4 is 5.78 Å². The number of carbonyl (C=O) groups excluding carboxylic acids is 1. The Labute approximate surface area is 112 Å². The van der Waals surface area contributed by atoms with E-state index in [1.807, 2.05) is 0 Å². The van der Waals surface area contributed by atoms with Gasteiger partial charge in [0, 0.05) is 6.54 Å². The van der Waals surface area contributed by atoms with Gasteiger partial charge in [0.25, 0.3) is 0 Å². The van der Waals surface area contributed by atoms with E-state index >= 15 is 0 Å². The molecule has 0 bridgehead atoms. The Bertz CT molecular complexity index is 521. The van der Waals surface area contributed by atoms with Gasteiger partial charge in [0.15, 0.2) is 0 Å². The van der Waals surface area contributed by atoms with Crippen LogP contribution in [0.4, 0.5) is 4.39 Å². The fourth-order valence-electron chi connectivity index (χ4n) is 2.66. The molecule has 1 aliphatic rings. The molecular formula is C15H17FN2O. The van der Waals surface area contributed by atoms with Gasteiger partial charge in [0.2, 0.25) is 0 Å². The number of nitriles is 1. The van der Waals surface area contributed by atoms with E-state index < -0.39 is 0 Å². The van der Waals surface area contributed by atoms with Gasteiger partial charge in [-0.2, -0.15) is 5.26 Å². The van der Waals surface area contributed by atoms with Crippen molar-refractivity contribution < 1.29 is 9.18 Å². The third kappa shape index (κ3) is 3.18. The average molecular weight is 260 g/mol. The third-order valence-corrected chi connectivity index (χ3v) is 3.64.